The van der Waals surface area contributed by atoms with Crippen LogP contribution in [0.4, 0.5) is 5.13 Å². The first-order valence-corrected chi connectivity index (χ1v) is 15.4. The third kappa shape index (κ3) is 6.37. The van der Waals surface area contributed by atoms with Gasteiger partial charge in [-0.05, 0) is 67.8 Å². The molecule has 4 rings (SSSR count). The molecule has 1 aromatic heterocycles. The van der Waals surface area contributed by atoms with Crippen molar-refractivity contribution < 1.29 is 13.2 Å². The maximum absolute atomic E-state index is 13.7. The van der Waals surface area contributed by atoms with E-state index >= 15 is 0 Å². The zero-order valence-corrected chi connectivity index (χ0v) is 24.7. The Hall–Kier alpha value is -2.92. The molecule has 1 heterocycles. The molecule has 0 N–H and O–H groups in total. The van der Waals surface area contributed by atoms with Gasteiger partial charge in [0.05, 0.1) is 21.3 Å². The number of hydrogen-bond donors (Lipinski definition) is 0. The van der Waals surface area contributed by atoms with E-state index < -0.39 is 15.9 Å². The molecule has 4 aromatic rings. The number of halogens is 1. The van der Waals surface area contributed by atoms with Crippen molar-refractivity contribution in [3.8, 4) is 0 Å². The summed E-state index contributed by atoms with van der Waals surface area (Å²) in [6.45, 7) is 6.81. The van der Waals surface area contributed by atoms with Crippen molar-refractivity contribution in [2.24, 2.45) is 5.10 Å². The van der Waals surface area contributed by atoms with Gasteiger partial charge in [0.1, 0.15) is 0 Å². The molecular formula is C28H29BrN4O3S2. The van der Waals surface area contributed by atoms with Crippen molar-refractivity contribution in [2.75, 3.05) is 18.1 Å². The Labute approximate surface area is 236 Å². The van der Waals surface area contributed by atoms with Gasteiger partial charge >= 0.3 is 0 Å². The topological polar surface area (TPSA) is 82.9 Å². The number of fused-ring (bicyclic) bond motifs is 1. The van der Waals surface area contributed by atoms with Crippen molar-refractivity contribution in [3.05, 3.63) is 87.9 Å². The summed E-state index contributed by atoms with van der Waals surface area (Å²) in [4.78, 5) is 18.5. The molecule has 0 aliphatic carbocycles. The lowest BCUT2D eigenvalue weighted by Crippen LogP contribution is -2.32. The molecule has 0 atom stereocenters. The molecule has 1 amide bonds. The molecule has 0 aliphatic heterocycles. The second-order valence-electron chi connectivity index (χ2n) is 8.81. The van der Waals surface area contributed by atoms with Crippen LogP contribution in [0.5, 0.6) is 0 Å². The smallest absolute Gasteiger partial charge is 0.267 e. The number of carbonyl (C=O) groups excluding carboxylic acids is 1. The van der Waals surface area contributed by atoms with Crippen molar-refractivity contribution in [3.63, 3.8) is 0 Å². The average Bonchev–Trinajstić information content (AvgIpc) is 3.32. The van der Waals surface area contributed by atoms with Gasteiger partial charge in [0.2, 0.25) is 15.2 Å². The van der Waals surface area contributed by atoms with Gasteiger partial charge in [-0.15, -0.1) is 0 Å². The van der Waals surface area contributed by atoms with Gasteiger partial charge in [-0.1, -0.05) is 70.9 Å². The molecule has 3 aromatic carbocycles. The number of hydrogen-bond acceptors (Lipinski definition) is 6. The summed E-state index contributed by atoms with van der Waals surface area (Å²) in [5.74, 6) is -0.408. The predicted octanol–water partition coefficient (Wildman–Crippen LogP) is 6.86. The summed E-state index contributed by atoms with van der Waals surface area (Å²) in [7, 11) is -3.65. The van der Waals surface area contributed by atoms with E-state index in [1.807, 2.05) is 63.2 Å². The summed E-state index contributed by atoms with van der Waals surface area (Å²) in [5, 5.41) is 6.19. The monoisotopic (exact) mass is 612 g/mol. The van der Waals surface area contributed by atoms with Crippen LogP contribution in [0.25, 0.3) is 10.2 Å². The third-order valence-corrected chi connectivity index (χ3v) is 9.20. The standard InChI is InChI=1S/C28H29BrN4O3S2/c1-4-16-32(17-5-2)38(35,36)24-13-10-22(11-14-24)27(34)33(30-19-21-8-6-20(3)7-9-21)28-31-25-15-12-23(29)18-26(25)37-28/h6-15,18-19H,4-5,16-17H2,1-3H3/b30-19+. The lowest BCUT2D eigenvalue weighted by atomic mass is 10.2. The number of rotatable bonds is 10. The fourth-order valence-electron chi connectivity index (χ4n) is 3.83. The molecule has 0 saturated heterocycles. The number of sulfonamides is 1. The van der Waals surface area contributed by atoms with Crippen LogP contribution in [0.2, 0.25) is 0 Å². The largest absolute Gasteiger partial charge is 0.280 e. The molecule has 0 aliphatic rings. The molecule has 10 heteroatoms. The second-order valence-corrected chi connectivity index (χ2v) is 12.7. The first kappa shape index (κ1) is 28.1. The van der Waals surface area contributed by atoms with Crippen molar-refractivity contribution >= 4 is 64.8 Å². The number of thiazole rings is 1. The highest BCUT2D eigenvalue weighted by Gasteiger charge is 2.25. The molecule has 0 saturated carbocycles. The van der Waals surface area contributed by atoms with Crippen LogP contribution in [0, 0.1) is 6.92 Å². The Morgan fingerprint density at radius 3 is 2.29 bits per heavy atom. The zero-order valence-electron chi connectivity index (χ0n) is 21.5. The molecule has 0 spiro atoms. The fraction of sp³-hybridized carbons (Fsp3) is 0.250. The van der Waals surface area contributed by atoms with E-state index in [-0.39, 0.29) is 4.90 Å². The van der Waals surface area contributed by atoms with Crippen LogP contribution in [0.3, 0.4) is 0 Å². The van der Waals surface area contributed by atoms with Crippen molar-refractivity contribution in [1.82, 2.24) is 9.29 Å². The van der Waals surface area contributed by atoms with Crippen molar-refractivity contribution in [2.45, 2.75) is 38.5 Å². The lowest BCUT2D eigenvalue weighted by Gasteiger charge is -2.21. The molecule has 0 radical (unpaired) electrons. The number of anilines is 1. The molecule has 38 heavy (non-hydrogen) atoms. The van der Waals surface area contributed by atoms with Gasteiger partial charge in [-0.3, -0.25) is 4.79 Å². The van der Waals surface area contributed by atoms with Crippen molar-refractivity contribution in [1.29, 1.82) is 0 Å². The Balaban J connectivity index is 1.69. The van der Waals surface area contributed by atoms with E-state index in [9.17, 15) is 13.2 Å². The molecule has 0 unspecified atom stereocenters. The SMILES string of the molecule is CCCN(CCC)S(=O)(=O)c1ccc(C(=O)N(/N=C/c2ccc(C)cc2)c2nc3ccc(Br)cc3s2)cc1. The summed E-state index contributed by atoms with van der Waals surface area (Å²) < 4.78 is 29.6. The van der Waals surface area contributed by atoms with Crippen LogP contribution in [-0.4, -0.2) is 42.9 Å². The van der Waals surface area contributed by atoms with Gasteiger partial charge in [0.15, 0.2) is 0 Å². The molecular weight excluding hydrogens is 584 g/mol. The summed E-state index contributed by atoms with van der Waals surface area (Å²) in [6.07, 6.45) is 3.07. The van der Waals surface area contributed by atoms with Crippen LogP contribution in [0.1, 0.15) is 48.2 Å². The first-order valence-electron chi connectivity index (χ1n) is 12.3. The highest BCUT2D eigenvalue weighted by molar-refractivity contribution is 9.10. The number of nitrogens with zero attached hydrogens (tertiary/aromatic N) is 4. The minimum absolute atomic E-state index is 0.162. The second kappa shape index (κ2) is 12.3. The number of amides is 1. The van der Waals surface area contributed by atoms with E-state index in [2.05, 4.69) is 26.0 Å². The summed E-state index contributed by atoms with van der Waals surface area (Å²) in [5.41, 5.74) is 3.02. The van der Waals surface area contributed by atoms with Crippen LogP contribution < -0.4 is 5.01 Å². The highest BCUT2D eigenvalue weighted by atomic mass is 79.9. The number of benzene rings is 3. The van der Waals surface area contributed by atoms with Crippen LogP contribution >= 0.6 is 27.3 Å². The quantitative estimate of drug-likeness (QED) is 0.145. The number of aryl methyl sites for hydroxylation is 1. The van der Waals surface area contributed by atoms with E-state index in [0.29, 0.717) is 23.8 Å². The fourth-order valence-corrected chi connectivity index (χ4v) is 6.93. The highest BCUT2D eigenvalue weighted by Crippen LogP contribution is 2.32. The van der Waals surface area contributed by atoms with Gasteiger partial charge in [0.25, 0.3) is 5.91 Å². The molecule has 7 nitrogen and oxygen atoms in total. The van der Waals surface area contributed by atoms with E-state index in [0.717, 1.165) is 38.7 Å². The number of hydrazone groups is 1. The maximum Gasteiger partial charge on any atom is 0.280 e. The normalized spacial score (nSPS) is 12.0. The lowest BCUT2D eigenvalue weighted by molar-refractivity contribution is 0.0987. The Morgan fingerprint density at radius 2 is 1.66 bits per heavy atom. The van der Waals surface area contributed by atoms with Crippen LogP contribution in [0.15, 0.2) is 81.2 Å². The van der Waals surface area contributed by atoms with E-state index in [1.165, 1.54) is 44.9 Å². The third-order valence-electron chi connectivity index (χ3n) is 5.80. The van der Waals surface area contributed by atoms with Gasteiger partial charge in [0, 0.05) is 23.1 Å². The minimum atomic E-state index is -3.65. The van der Waals surface area contributed by atoms with Crippen LogP contribution in [-0.2, 0) is 10.0 Å². The summed E-state index contributed by atoms with van der Waals surface area (Å²) >= 11 is 4.83. The molecule has 0 bridgehead atoms. The number of carbonyl (C=O) groups is 1. The Kier molecular flexibility index (Phi) is 9.09. The summed E-state index contributed by atoms with van der Waals surface area (Å²) in [6, 6.07) is 19.6. The molecule has 0 fully saturated rings. The number of aromatic nitrogens is 1. The van der Waals surface area contributed by atoms with Gasteiger partial charge in [-0.2, -0.15) is 14.4 Å². The Morgan fingerprint density at radius 1 is 1.00 bits per heavy atom. The predicted molar refractivity (Wildman–Crippen MR) is 159 cm³/mol. The minimum Gasteiger partial charge on any atom is -0.267 e. The van der Waals surface area contributed by atoms with Gasteiger partial charge in [-0.25, -0.2) is 13.4 Å². The zero-order chi connectivity index (χ0) is 27.3. The van der Waals surface area contributed by atoms with E-state index in [1.54, 1.807) is 6.21 Å². The maximum atomic E-state index is 13.7. The average molecular weight is 614 g/mol. The van der Waals surface area contributed by atoms with E-state index in [4.69, 9.17) is 0 Å². The Bertz CT molecular complexity index is 1540. The first-order chi connectivity index (χ1) is 18.2. The molecule has 198 valence electrons. The van der Waals surface area contributed by atoms with Gasteiger partial charge < -0.3 is 0 Å².